The third-order valence-electron chi connectivity index (χ3n) is 4.29. The Morgan fingerprint density at radius 2 is 2.14 bits per heavy atom. The second kappa shape index (κ2) is 7.92. The van der Waals surface area contributed by atoms with E-state index < -0.39 is 0 Å². The highest BCUT2D eigenvalue weighted by atomic mass is 16.3. The molecule has 2 unspecified atom stereocenters. The molecule has 0 bridgehead atoms. The number of carbonyl (C=O) groups is 1. The van der Waals surface area contributed by atoms with Crippen LogP contribution in [0.1, 0.15) is 31.7 Å². The molecule has 2 atom stereocenters. The van der Waals surface area contributed by atoms with E-state index in [4.69, 9.17) is 5.26 Å². The summed E-state index contributed by atoms with van der Waals surface area (Å²) < 4.78 is 0. The third-order valence-corrected chi connectivity index (χ3v) is 4.29. The first kappa shape index (κ1) is 16.5. The molecule has 2 N–H and O–H groups in total. The van der Waals surface area contributed by atoms with Gasteiger partial charge in [0.15, 0.2) is 0 Å². The molecule has 2 rings (SSSR count). The number of amides is 1. The van der Waals surface area contributed by atoms with Crippen LogP contribution in [0.2, 0.25) is 0 Å². The summed E-state index contributed by atoms with van der Waals surface area (Å²) in [6.07, 6.45) is 2.57. The van der Waals surface area contributed by atoms with Gasteiger partial charge in [0, 0.05) is 37.8 Å². The van der Waals surface area contributed by atoms with Crippen molar-refractivity contribution in [2.45, 2.75) is 32.2 Å². The Morgan fingerprint density at radius 1 is 1.41 bits per heavy atom. The minimum absolute atomic E-state index is 0.0250. The number of nitriles is 1. The van der Waals surface area contributed by atoms with E-state index in [2.05, 4.69) is 23.2 Å². The van der Waals surface area contributed by atoms with Gasteiger partial charge in [0.05, 0.1) is 11.6 Å². The average Bonchev–Trinajstić information content (AvgIpc) is 2.55. The Bertz CT molecular complexity index is 536. The van der Waals surface area contributed by atoms with Crippen molar-refractivity contribution in [2.24, 2.45) is 5.92 Å². The fourth-order valence-corrected chi connectivity index (χ4v) is 2.82. The minimum atomic E-state index is -0.0250. The molecule has 1 fully saturated rings. The number of rotatable bonds is 5. The zero-order valence-electron chi connectivity index (χ0n) is 13.0. The average molecular weight is 301 g/mol. The smallest absolute Gasteiger partial charge is 0.225 e. The molecule has 1 aliphatic heterocycles. The van der Waals surface area contributed by atoms with Gasteiger partial charge in [-0.3, -0.25) is 9.69 Å². The summed E-state index contributed by atoms with van der Waals surface area (Å²) in [5.74, 6) is 0.306. The zero-order chi connectivity index (χ0) is 15.9. The summed E-state index contributed by atoms with van der Waals surface area (Å²) in [5.41, 5.74) is 1.29. The molecule has 1 heterocycles. The maximum atomic E-state index is 12.0. The van der Waals surface area contributed by atoms with Crippen molar-refractivity contribution >= 4 is 11.6 Å². The molecule has 1 aliphatic rings. The Balaban J connectivity index is 1.80. The van der Waals surface area contributed by atoms with Gasteiger partial charge in [-0.1, -0.05) is 0 Å². The number of piperidine rings is 1. The van der Waals surface area contributed by atoms with Gasteiger partial charge in [-0.15, -0.1) is 0 Å². The van der Waals surface area contributed by atoms with E-state index in [0.29, 0.717) is 36.2 Å². The second-order valence-electron chi connectivity index (χ2n) is 5.96. The molecular formula is C17H23N3O2. The van der Waals surface area contributed by atoms with Crippen molar-refractivity contribution in [3.8, 4) is 6.07 Å². The van der Waals surface area contributed by atoms with E-state index in [9.17, 15) is 9.90 Å². The van der Waals surface area contributed by atoms with Gasteiger partial charge in [-0.05, 0) is 49.9 Å². The largest absolute Gasteiger partial charge is 0.396 e. The summed E-state index contributed by atoms with van der Waals surface area (Å²) in [5, 5.41) is 20.9. The van der Waals surface area contributed by atoms with Crippen molar-refractivity contribution in [3.63, 3.8) is 0 Å². The molecule has 1 saturated heterocycles. The molecule has 5 nitrogen and oxygen atoms in total. The number of nitrogens with zero attached hydrogens (tertiary/aromatic N) is 2. The highest BCUT2D eigenvalue weighted by Crippen LogP contribution is 2.21. The molecular weight excluding hydrogens is 278 g/mol. The van der Waals surface area contributed by atoms with Gasteiger partial charge in [0.1, 0.15) is 0 Å². The first-order valence-electron chi connectivity index (χ1n) is 7.77. The Morgan fingerprint density at radius 3 is 2.77 bits per heavy atom. The Kier molecular flexibility index (Phi) is 5.93. The number of hydrogen-bond donors (Lipinski definition) is 2. The molecule has 0 aromatic heterocycles. The van der Waals surface area contributed by atoms with Gasteiger partial charge in [0.2, 0.25) is 5.91 Å². The van der Waals surface area contributed by atoms with Crippen LogP contribution in [0.3, 0.4) is 0 Å². The molecule has 118 valence electrons. The Hall–Kier alpha value is -1.90. The van der Waals surface area contributed by atoms with Gasteiger partial charge < -0.3 is 10.4 Å². The van der Waals surface area contributed by atoms with Crippen LogP contribution in [0.15, 0.2) is 24.3 Å². The van der Waals surface area contributed by atoms with Gasteiger partial charge in [-0.25, -0.2) is 0 Å². The number of carbonyl (C=O) groups excluding carboxylic acids is 1. The van der Waals surface area contributed by atoms with E-state index in [-0.39, 0.29) is 12.5 Å². The number of benzene rings is 1. The van der Waals surface area contributed by atoms with E-state index in [1.165, 1.54) is 0 Å². The first-order chi connectivity index (χ1) is 10.6. The molecule has 5 heteroatoms. The van der Waals surface area contributed by atoms with Crippen LogP contribution in [0.4, 0.5) is 5.69 Å². The molecule has 0 radical (unpaired) electrons. The minimum Gasteiger partial charge on any atom is -0.396 e. The number of nitrogens with one attached hydrogen (secondary N) is 1. The second-order valence-corrected chi connectivity index (χ2v) is 5.96. The topological polar surface area (TPSA) is 76.4 Å². The lowest BCUT2D eigenvalue weighted by atomic mass is 9.94. The maximum absolute atomic E-state index is 12.0. The molecule has 1 amide bonds. The molecule has 0 spiro atoms. The van der Waals surface area contributed by atoms with Crippen LogP contribution in [-0.4, -0.2) is 41.7 Å². The number of likely N-dealkylation sites (tertiary alicyclic amines) is 1. The van der Waals surface area contributed by atoms with Crippen LogP contribution in [-0.2, 0) is 4.79 Å². The monoisotopic (exact) mass is 301 g/mol. The van der Waals surface area contributed by atoms with E-state index in [0.717, 1.165) is 19.4 Å². The van der Waals surface area contributed by atoms with E-state index in [1.54, 1.807) is 24.3 Å². The lowest BCUT2D eigenvalue weighted by Crippen LogP contribution is -2.43. The predicted molar refractivity (Wildman–Crippen MR) is 85.2 cm³/mol. The number of anilines is 1. The molecule has 0 saturated carbocycles. The van der Waals surface area contributed by atoms with Crippen LogP contribution in [0.5, 0.6) is 0 Å². The highest BCUT2D eigenvalue weighted by molar-refractivity contribution is 5.90. The van der Waals surface area contributed by atoms with Crippen LogP contribution in [0, 0.1) is 17.2 Å². The summed E-state index contributed by atoms with van der Waals surface area (Å²) >= 11 is 0. The zero-order valence-corrected chi connectivity index (χ0v) is 13.0. The number of aliphatic hydroxyl groups is 1. The fourth-order valence-electron chi connectivity index (χ4n) is 2.82. The first-order valence-corrected chi connectivity index (χ1v) is 7.77. The fraction of sp³-hybridized carbons (Fsp3) is 0.529. The quantitative estimate of drug-likeness (QED) is 0.872. The van der Waals surface area contributed by atoms with E-state index >= 15 is 0 Å². The Labute approximate surface area is 131 Å². The maximum Gasteiger partial charge on any atom is 0.225 e. The molecule has 1 aromatic rings. The van der Waals surface area contributed by atoms with Gasteiger partial charge >= 0.3 is 0 Å². The van der Waals surface area contributed by atoms with Gasteiger partial charge in [-0.2, -0.15) is 5.26 Å². The normalized spacial score (nSPS) is 22.0. The summed E-state index contributed by atoms with van der Waals surface area (Å²) in [4.78, 5) is 14.3. The SMILES string of the molecule is CC1CCC(CO)CN1CCC(=O)Nc1ccc(C#N)cc1. The predicted octanol–water partition coefficient (Wildman–Crippen LogP) is 1.98. The van der Waals surface area contributed by atoms with Crippen molar-refractivity contribution in [1.82, 2.24) is 4.90 Å². The molecule has 22 heavy (non-hydrogen) atoms. The summed E-state index contributed by atoms with van der Waals surface area (Å²) in [6.45, 7) is 3.97. The van der Waals surface area contributed by atoms with Crippen LogP contribution < -0.4 is 5.32 Å². The van der Waals surface area contributed by atoms with Crippen molar-refractivity contribution < 1.29 is 9.90 Å². The van der Waals surface area contributed by atoms with Crippen molar-refractivity contribution in [1.29, 1.82) is 5.26 Å². The van der Waals surface area contributed by atoms with Crippen LogP contribution >= 0.6 is 0 Å². The van der Waals surface area contributed by atoms with Crippen molar-refractivity contribution in [2.75, 3.05) is 25.0 Å². The van der Waals surface area contributed by atoms with E-state index in [1.807, 2.05) is 0 Å². The summed E-state index contributed by atoms with van der Waals surface area (Å²) in [6, 6.07) is 9.37. The standard InChI is InChI=1S/C17H23N3O2/c1-13-2-3-15(12-21)11-20(13)9-8-17(22)19-16-6-4-14(10-18)5-7-16/h4-7,13,15,21H,2-3,8-9,11-12H2,1H3,(H,19,22). The van der Waals surface area contributed by atoms with Crippen LogP contribution in [0.25, 0.3) is 0 Å². The highest BCUT2D eigenvalue weighted by Gasteiger charge is 2.24. The lowest BCUT2D eigenvalue weighted by Gasteiger charge is -2.37. The lowest BCUT2D eigenvalue weighted by molar-refractivity contribution is -0.116. The number of hydrogen-bond acceptors (Lipinski definition) is 4. The number of aliphatic hydroxyl groups excluding tert-OH is 1. The molecule has 0 aliphatic carbocycles. The third kappa shape index (κ3) is 4.55. The van der Waals surface area contributed by atoms with Gasteiger partial charge in [0.25, 0.3) is 0 Å². The summed E-state index contributed by atoms with van der Waals surface area (Å²) in [7, 11) is 0. The van der Waals surface area contributed by atoms with Crippen molar-refractivity contribution in [3.05, 3.63) is 29.8 Å². The molecule has 1 aromatic carbocycles.